The molecular formula is C42H51N3O7Si. The Morgan fingerprint density at radius 2 is 1.47 bits per heavy atom. The zero-order chi connectivity index (χ0) is 37.5. The predicted molar refractivity (Wildman–Crippen MR) is 208 cm³/mol. The van der Waals surface area contributed by atoms with Crippen molar-refractivity contribution in [1.82, 2.24) is 5.01 Å². The van der Waals surface area contributed by atoms with Gasteiger partial charge in [-0.25, -0.2) is 5.01 Å². The molecule has 280 valence electrons. The Kier molecular flexibility index (Phi) is 10.2. The van der Waals surface area contributed by atoms with Gasteiger partial charge in [0, 0.05) is 11.8 Å². The Morgan fingerprint density at radius 1 is 0.868 bits per heavy atom. The number of rotatable bonds is 11. The number of hydrazone groups is 1. The van der Waals surface area contributed by atoms with Crippen LogP contribution in [-0.2, 0) is 24.3 Å². The Labute approximate surface area is 313 Å². The molecule has 0 saturated carbocycles. The smallest absolute Gasteiger partial charge is 0.192 e. The molecule has 0 amide bonds. The van der Waals surface area contributed by atoms with E-state index in [1.165, 1.54) is 5.57 Å². The molecule has 5 atom stereocenters. The van der Waals surface area contributed by atoms with Crippen molar-refractivity contribution in [2.24, 2.45) is 10.3 Å². The first kappa shape index (κ1) is 37.1. The molecule has 53 heavy (non-hydrogen) atoms. The molecular weight excluding hydrogens is 687 g/mol. The van der Waals surface area contributed by atoms with E-state index in [0.29, 0.717) is 0 Å². The van der Waals surface area contributed by atoms with Crippen LogP contribution in [0.15, 0.2) is 112 Å². The van der Waals surface area contributed by atoms with E-state index in [0.717, 1.165) is 57.9 Å². The molecule has 1 fully saturated rings. The third-order valence-corrected chi connectivity index (χ3v) is 15.9. The van der Waals surface area contributed by atoms with Gasteiger partial charge in [-0.2, -0.15) is 5.10 Å². The second-order valence-electron chi connectivity index (χ2n) is 15.6. The Bertz CT molecular complexity index is 1850. The summed E-state index contributed by atoms with van der Waals surface area (Å²) >= 11 is 0. The number of oxime groups is 1. The third-order valence-electron chi connectivity index (χ3n) is 11.4. The second-order valence-corrected chi connectivity index (χ2v) is 20.4. The summed E-state index contributed by atoms with van der Waals surface area (Å²) in [5.74, 6) is 1.47. The predicted octanol–water partition coefficient (Wildman–Crippen LogP) is 7.54. The van der Waals surface area contributed by atoms with Crippen LogP contribution in [-0.4, -0.2) is 81.8 Å². The summed E-state index contributed by atoms with van der Waals surface area (Å²) in [4.78, 5) is 5.71. The van der Waals surface area contributed by atoms with Crippen LogP contribution in [0, 0.1) is 0 Å². The van der Waals surface area contributed by atoms with E-state index >= 15 is 0 Å². The zero-order valence-corrected chi connectivity index (χ0v) is 32.9. The van der Waals surface area contributed by atoms with Crippen LogP contribution in [0.5, 0.6) is 11.5 Å². The number of allylic oxidation sites excluding steroid dienone is 2. The lowest BCUT2D eigenvalue weighted by molar-refractivity contribution is -0.107. The normalized spacial score (nSPS) is 24.3. The summed E-state index contributed by atoms with van der Waals surface area (Å²) in [5, 5.41) is 23.2. The lowest BCUT2D eigenvalue weighted by atomic mass is 9.80. The van der Waals surface area contributed by atoms with Crippen LogP contribution in [0.4, 0.5) is 0 Å². The van der Waals surface area contributed by atoms with Gasteiger partial charge in [0.1, 0.15) is 47.2 Å². The van der Waals surface area contributed by atoms with Crippen molar-refractivity contribution in [3.8, 4) is 11.5 Å². The monoisotopic (exact) mass is 737 g/mol. The van der Waals surface area contributed by atoms with Crippen LogP contribution >= 0.6 is 0 Å². The first-order valence-electron chi connectivity index (χ1n) is 18.4. The van der Waals surface area contributed by atoms with E-state index in [1.807, 2.05) is 84.9 Å². The molecule has 11 heteroatoms. The second kappa shape index (κ2) is 14.5. The maximum absolute atomic E-state index is 12.3. The molecule has 4 aliphatic rings. The van der Waals surface area contributed by atoms with E-state index < -0.39 is 38.5 Å². The first-order chi connectivity index (χ1) is 25.4. The molecule has 0 aromatic heterocycles. The Morgan fingerprint density at radius 3 is 2.06 bits per heavy atom. The van der Waals surface area contributed by atoms with Gasteiger partial charge in [0.05, 0.1) is 27.0 Å². The van der Waals surface area contributed by atoms with Gasteiger partial charge >= 0.3 is 0 Å². The lowest BCUT2D eigenvalue weighted by Crippen LogP contribution is -2.52. The third kappa shape index (κ3) is 6.85. The van der Waals surface area contributed by atoms with Gasteiger partial charge in [-0.3, -0.25) is 0 Å². The van der Waals surface area contributed by atoms with Gasteiger partial charge < -0.3 is 33.3 Å². The highest BCUT2D eigenvalue weighted by molar-refractivity contribution is 6.74. The SMILES string of the molecule is COc1ccc(C(OC[C@H]2O[C@@H](N3C=C4CCC5=C4C(=N3)C=NO[C@H]5C)[C@H](O[Si](C)(C)C(C)(C)C)[C@@H]2O)(c2ccccc2)c2ccc(OC)cc2)cc1. The summed E-state index contributed by atoms with van der Waals surface area (Å²) in [5.41, 5.74) is 5.79. The number of aliphatic hydroxyl groups excluding tert-OH is 1. The standard InChI is InChI=1S/C42H51N3O7Si/c1-27-34-23-14-28-25-45(44-35(37(28)34)24-43-51-27)40-39(52-53(7,8)41(2,3)4)38(46)36(50-40)26-49-42(29-12-10-9-11-13-29,30-15-19-32(47-5)20-16-30)31-17-21-33(48-6)22-18-31/h9-13,15-22,24-25,27,36,38-40,46H,14,23,26H2,1-8H3/t27-,36+,38+,39+,40+/m0/s1. The average Bonchev–Trinajstić information content (AvgIpc) is 3.67. The number of aliphatic hydroxyl groups is 1. The van der Waals surface area contributed by atoms with Crippen LogP contribution in [0.25, 0.3) is 0 Å². The number of nitrogens with zero attached hydrogens (tertiary/aromatic N) is 3. The van der Waals surface area contributed by atoms with E-state index in [-0.39, 0.29) is 17.7 Å². The molecule has 7 rings (SSSR count). The lowest BCUT2D eigenvalue weighted by Gasteiger charge is -2.41. The van der Waals surface area contributed by atoms with Gasteiger partial charge in [0.25, 0.3) is 0 Å². The molecule has 3 aromatic rings. The van der Waals surface area contributed by atoms with E-state index in [9.17, 15) is 5.11 Å². The molecule has 0 radical (unpaired) electrons. The van der Waals surface area contributed by atoms with Crippen molar-refractivity contribution in [1.29, 1.82) is 0 Å². The Hall–Kier alpha value is -4.26. The quantitative estimate of drug-likeness (QED) is 0.159. The van der Waals surface area contributed by atoms with Gasteiger partial charge in [-0.05, 0) is 90.0 Å². The fraction of sp³-hybridized carbons (Fsp3) is 0.429. The molecule has 1 aliphatic carbocycles. The van der Waals surface area contributed by atoms with Gasteiger partial charge in [0.15, 0.2) is 14.5 Å². The molecule has 0 spiro atoms. The van der Waals surface area contributed by atoms with Crippen molar-refractivity contribution in [2.75, 3.05) is 20.8 Å². The zero-order valence-electron chi connectivity index (χ0n) is 31.9. The highest BCUT2D eigenvalue weighted by atomic mass is 28.4. The van der Waals surface area contributed by atoms with Crippen molar-refractivity contribution in [3.63, 3.8) is 0 Å². The fourth-order valence-corrected chi connectivity index (χ4v) is 8.69. The number of benzene rings is 3. The fourth-order valence-electron chi connectivity index (χ4n) is 7.40. The van der Waals surface area contributed by atoms with Crippen molar-refractivity contribution in [3.05, 3.63) is 118 Å². The van der Waals surface area contributed by atoms with Gasteiger partial charge in [-0.15, -0.1) is 0 Å². The van der Waals surface area contributed by atoms with Gasteiger partial charge in [-0.1, -0.05) is 80.5 Å². The van der Waals surface area contributed by atoms with E-state index in [1.54, 1.807) is 20.4 Å². The molecule has 1 N–H and O–H groups in total. The van der Waals surface area contributed by atoms with Crippen molar-refractivity contribution in [2.45, 2.75) is 94.9 Å². The summed E-state index contributed by atoms with van der Waals surface area (Å²) in [6, 6.07) is 25.9. The maximum atomic E-state index is 12.3. The highest BCUT2D eigenvalue weighted by Crippen LogP contribution is 2.45. The highest BCUT2D eigenvalue weighted by Gasteiger charge is 2.53. The minimum Gasteiger partial charge on any atom is -0.497 e. The first-order valence-corrected chi connectivity index (χ1v) is 21.3. The molecule has 0 unspecified atom stereocenters. The van der Waals surface area contributed by atoms with Crippen LogP contribution < -0.4 is 9.47 Å². The molecule has 1 saturated heterocycles. The number of ether oxygens (including phenoxy) is 4. The topological polar surface area (TPSA) is 104 Å². The molecule has 10 nitrogen and oxygen atoms in total. The maximum Gasteiger partial charge on any atom is 0.192 e. The molecule has 3 aliphatic heterocycles. The summed E-state index contributed by atoms with van der Waals surface area (Å²) in [7, 11) is 0.898. The van der Waals surface area contributed by atoms with E-state index in [2.05, 4.69) is 51.2 Å². The van der Waals surface area contributed by atoms with Gasteiger partial charge in [0.2, 0.25) is 0 Å². The molecule has 0 bridgehead atoms. The van der Waals surface area contributed by atoms with Crippen LogP contribution in [0.2, 0.25) is 18.1 Å². The summed E-state index contributed by atoms with van der Waals surface area (Å²) in [6.07, 6.45) is 2.15. The summed E-state index contributed by atoms with van der Waals surface area (Å²) in [6.45, 7) is 13.0. The van der Waals surface area contributed by atoms with Crippen molar-refractivity contribution < 1.29 is 33.3 Å². The Balaban J connectivity index is 1.28. The summed E-state index contributed by atoms with van der Waals surface area (Å²) < 4.78 is 32.2. The van der Waals surface area contributed by atoms with E-state index in [4.69, 9.17) is 33.3 Å². The largest absolute Gasteiger partial charge is 0.497 e. The van der Waals surface area contributed by atoms with Crippen molar-refractivity contribution >= 4 is 20.2 Å². The average molecular weight is 738 g/mol. The molecule has 3 heterocycles. The molecule has 3 aromatic carbocycles. The van der Waals surface area contributed by atoms with Crippen LogP contribution in [0.1, 0.15) is 57.2 Å². The number of hydrogen-bond donors (Lipinski definition) is 1. The number of hydrogen-bond acceptors (Lipinski definition) is 10. The minimum atomic E-state index is -2.41. The minimum absolute atomic E-state index is 0.0467. The van der Waals surface area contributed by atoms with Crippen LogP contribution in [0.3, 0.4) is 0 Å². The number of methoxy groups -OCH3 is 2.